The summed E-state index contributed by atoms with van der Waals surface area (Å²) in [4.78, 5) is 27.5. The molecule has 6 nitrogen and oxygen atoms in total. The van der Waals surface area contributed by atoms with Gasteiger partial charge in [-0.15, -0.1) is 0 Å². The summed E-state index contributed by atoms with van der Waals surface area (Å²) in [5.74, 6) is 1.70. The van der Waals surface area contributed by atoms with E-state index in [2.05, 4.69) is 92.6 Å². The van der Waals surface area contributed by atoms with Crippen molar-refractivity contribution in [3.63, 3.8) is 0 Å². The third-order valence-corrected chi connectivity index (χ3v) is 11.4. The van der Waals surface area contributed by atoms with E-state index in [9.17, 15) is 0 Å². The van der Waals surface area contributed by atoms with Gasteiger partial charge in [0.2, 0.25) is 0 Å². The van der Waals surface area contributed by atoms with E-state index >= 15 is 0 Å². The van der Waals surface area contributed by atoms with Crippen molar-refractivity contribution in [2.75, 3.05) is 9.80 Å². The molecule has 8 heteroatoms. The molecule has 0 unspecified atom stereocenters. The zero-order valence-corrected chi connectivity index (χ0v) is 28.1. The largest absolute Gasteiger partial charge is 0.293 e. The first-order chi connectivity index (χ1) is 24.8. The fourth-order valence-electron chi connectivity index (χ4n) is 6.97. The topological polar surface area (TPSA) is 58.0 Å². The summed E-state index contributed by atoms with van der Waals surface area (Å²) in [7, 11) is 0. The van der Waals surface area contributed by atoms with Crippen LogP contribution < -0.4 is 9.80 Å². The van der Waals surface area contributed by atoms with Crippen LogP contribution in [0.4, 0.5) is 34.4 Å². The maximum absolute atomic E-state index is 4.69. The average Bonchev–Trinajstić information content (AvgIpc) is 3.18. The van der Waals surface area contributed by atoms with E-state index in [4.69, 9.17) is 9.97 Å². The highest BCUT2D eigenvalue weighted by Gasteiger charge is 2.28. The minimum absolute atomic E-state index is 0.850. The lowest BCUT2D eigenvalue weighted by Gasteiger charge is -2.29. The van der Waals surface area contributed by atoms with Gasteiger partial charge in [0.1, 0.15) is 11.6 Å². The molecule has 2 aliphatic heterocycles. The second-order valence-corrected chi connectivity index (χ2v) is 14.2. The molecule has 0 spiro atoms. The summed E-state index contributed by atoms with van der Waals surface area (Å²) in [6.45, 7) is 0. The van der Waals surface area contributed by atoms with E-state index in [0.717, 1.165) is 34.4 Å². The van der Waals surface area contributed by atoms with Crippen molar-refractivity contribution in [3.8, 4) is 22.3 Å². The van der Waals surface area contributed by atoms with Gasteiger partial charge in [0.15, 0.2) is 0 Å². The highest BCUT2D eigenvalue weighted by Crippen LogP contribution is 2.57. The van der Waals surface area contributed by atoms with Crippen LogP contribution in [-0.4, -0.2) is 19.9 Å². The number of benzene rings is 4. The number of hydrogen-bond acceptors (Lipinski definition) is 8. The molecular formula is C42H26N6S2. The van der Waals surface area contributed by atoms with Crippen molar-refractivity contribution in [1.82, 2.24) is 19.9 Å². The monoisotopic (exact) mass is 678 g/mol. The Labute approximate surface area is 297 Å². The number of rotatable bonds is 6. The molecule has 2 aliphatic rings. The Balaban J connectivity index is 1.07. The Bertz CT molecular complexity index is 2290. The van der Waals surface area contributed by atoms with Gasteiger partial charge in [0.25, 0.3) is 0 Å². The molecule has 10 rings (SSSR count). The molecule has 4 aromatic heterocycles. The first kappa shape index (κ1) is 29.0. The molecule has 6 heterocycles. The Morgan fingerprint density at radius 1 is 0.380 bits per heavy atom. The number of aromatic nitrogens is 4. The predicted octanol–water partition coefficient (Wildman–Crippen LogP) is 11.6. The summed E-state index contributed by atoms with van der Waals surface area (Å²) in [6.07, 6.45) is 11.0. The Morgan fingerprint density at radius 3 is 1.28 bits per heavy atom. The third kappa shape index (κ3) is 4.75. The summed E-state index contributed by atoms with van der Waals surface area (Å²) in [6, 6.07) is 42.7. The summed E-state index contributed by atoms with van der Waals surface area (Å²) in [5, 5.41) is 2.65. The fraction of sp³-hybridized carbons (Fsp3) is 0. The van der Waals surface area contributed by atoms with Gasteiger partial charge in [-0.25, -0.2) is 9.97 Å². The predicted molar refractivity (Wildman–Crippen MR) is 204 cm³/mol. The van der Waals surface area contributed by atoms with Gasteiger partial charge < -0.3 is 0 Å². The van der Waals surface area contributed by atoms with Crippen molar-refractivity contribution < 1.29 is 0 Å². The molecule has 236 valence electrons. The van der Waals surface area contributed by atoms with E-state index in [1.54, 1.807) is 12.4 Å². The van der Waals surface area contributed by atoms with Gasteiger partial charge in [0.05, 0.1) is 23.8 Å². The van der Waals surface area contributed by atoms with Gasteiger partial charge in [-0.3, -0.25) is 19.8 Å². The molecule has 4 aromatic carbocycles. The summed E-state index contributed by atoms with van der Waals surface area (Å²) >= 11 is 3.68. The molecule has 8 aromatic rings. The van der Waals surface area contributed by atoms with Crippen LogP contribution in [0.3, 0.4) is 0 Å². The average molecular weight is 679 g/mol. The minimum Gasteiger partial charge on any atom is -0.293 e. The third-order valence-electron chi connectivity index (χ3n) is 9.12. The molecule has 0 radical (unpaired) electrons. The van der Waals surface area contributed by atoms with Crippen molar-refractivity contribution in [3.05, 3.63) is 159 Å². The van der Waals surface area contributed by atoms with Crippen LogP contribution >= 0.6 is 23.5 Å². The van der Waals surface area contributed by atoms with Crippen molar-refractivity contribution in [1.29, 1.82) is 0 Å². The lowest BCUT2D eigenvalue weighted by Crippen LogP contribution is -2.12. The highest BCUT2D eigenvalue weighted by molar-refractivity contribution is 8.00. The Morgan fingerprint density at radius 2 is 0.860 bits per heavy atom. The van der Waals surface area contributed by atoms with Crippen LogP contribution in [0, 0.1) is 0 Å². The molecule has 50 heavy (non-hydrogen) atoms. The van der Waals surface area contributed by atoms with Gasteiger partial charge in [-0.05, 0) is 107 Å². The summed E-state index contributed by atoms with van der Waals surface area (Å²) < 4.78 is 0. The van der Waals surface area contributed by atoms with Crippen molar-refractivity contribution in [2.24, 2.45) is 0 Å². The van der Waals surface area contributed by atoms with E-state index in [1.807, 2.05) is 96.8 Å². The van der Waals surface area contributed by atoms with Crippen molar-refractivity contribution >= 4 is 68.7 Å². The van der Waals surface area contributed by atoms with Crippen LogP contribution in [0.2, 0.25) is 0 Å². The number of hydrogen-bond donors (Lipinski definition) is 0. The molecule has 0 fully saturated rings. The van der Waals surface area contributed by atoms with Gasteiger partial charge >= 0.3 is 0 Å². The second-order valence-electron chi connectivity index (χ2n) is 12.0. The van der Waals surface area contributed by atoms with Crippen LogP contribution in [-0.2, 0) is 0 Å². The Kier molecular flexibility index (Phi) is 6.89. The van der Waals surface area contributed by atoms with E-state index < -0.39 is 0 Å². The molecular weight excluding hydrogens is 653 g/mol. The molecule has 0 saturated heterocycles. The van der Waals surface area contributed by atoms with Crippen LogP contribution in [0.5, 0.6) is 0 Å². The lowest BCUT2D eigenvalue weighted by molar-refractivity contribution is 1.15. The van der Waals surface area contributed by atoms with Crippen molar-refractivity contribution in [2.45, 2.75) is 19.6 Å². The smallest absolute Gasteiger partial charge is 0.137 e. The van der Waals surface area contributed by atoms with Crippen LogP contribution in [0.25, 0.3) is 33.0 Å². The summed E-state index contributed by atoms with van der Waals surface area (Å²) in [5.41, 5.74) is 9.05. The fourth-order valence-corrected chi connectivity index (χ4v) is 9.28. The quantitative estimate of drug-likeness (QED) is 0.172. The maximum Gasteiger partial charge on any atom is 0.137 e. The van der Waals surface area contributed by atoms with E-state index in [0.29, 0.717) is 0 Å². The normalized spacial score (nSPS) is 12.2. The van der Waals surface area contributed by atoms with Gasteiger partial charge in [0, 0.05) is 66.5 Å². The zero-order valence-electron chi connectivity index (χ0n) is 26.5. The Hall–Kier alpha value is -5.96. The standard InChI is InChI=1S/C42H26N6S2/c1-3-21-45-39(9-1)47(29-7-5-19-43-25-29)27-11-13-31-33-15-16-34-32-14-12-28(48(30-8-6-20-44-26-30)40-10-2-4-22-46-40)24-38(32)50-36-18-17-35(41(33)42(34)36)49-37(31)23-27/h1-26H. The van der Waals surface area contributed by atoms with Gasteiger partial charge in [-0.1, -0.05) is 59.9 Å². The molecule has 0 saturated carbocycles. The lowest BCUT2D eigenvalue weighted by atomic mass is 9.91. The van der Waals surface area contributed by atoms with Crippen LogP contribution in [0.15, 0.2) is 178 Å². The number of pyridine rings is 4. The number of nitrogens with zero attached hydrogens (tertiary/aromatic N) is 6. The SMILES string of the molecule is c1ccc(N(c2cccnc2)c2ccc3c(c2)Sc2ccc4c5c(ccc-3c25)-c2ccc(N(c3cccnc3)c3ccccn3)cc2S4)nc1. The van der Waals surface area contributed by atoms with Gasteiger partial charge in [-0.2, -0.15) is 0 Å². The molecule has 0 bridgehead atoms. The molecule has 0 N–H and O–H groups in total. The maximum atomic E-state index is 4.69. The first-order valence-corrected chi connectivity index (χ1v) is 17.9. The molecule has 0 amide bonds. The molecule has 0 atom stereocenters. The van der Waals surface area contributed by atoms with E-state index in [1.165, 1.54) is 52.6 Å². The minimum atomic E-state index is 0.850. The first-order valence-electron chi connectivity index (χ1n) is 16.3. The van der Waals surface area contributed by atoms with Crippen LogP contribution in [0.1, 0.15) is 0 Å². The number of fused-ring (bicyclic) bond motifs is 4. The highest BCUT2D eigenvalue weighted by atomic mass is 32.2. The second kappa shape index (κ2) is 11.9. The molecule has 0 aliphatic carbocycles. The van der Waals surface area contributed by atoms with E-state index in [-0.39, 0.29) is 0 Å². The number of anilines is 6. The zero-order chi connectivity index (χ0) is 33.0.